The van der Waals surface area contributed by atoms with Gasteiger partial charge < -0.3 is 5.32 Å². The second kappa shape index (κ2) is 15.1. The summed E-state index contributed by atoms with van der Waals surface area (Å²) in [6.07, 6.45) is 15.4. The molecule has 0 amide bonds. The van der Waals surface area contributed by atoms with E-state index in [0.717, 1.165) is 24.2 Å². The molecule has 1 saturated carbocycles. The Morgan fingerprint density at radius 2 is 1.17 bits per heavy atom. The second-order valence-corrected chi connectivity index (χ2v) is 19.3. The van der Waals surface area contributed by atoms with Gasteiger partial charge in [0.2, 0.25) is 0 Å². The monoisotopic (exact) mass is 814 g/mol. The highest BCUT2D eigenvalue weighted by molar-refractivity contribution is 6.00. The van der Waals surface area contributed by atoms with Crippen molar-refractivity contribution in [2.24, 2.45) is 4.99 Å². The third kappa shape index (κ3) is 6.32. The molecule has 1 aliphatic heterocycles. The lowest BCUT2D eigenvalue weighted by Crippen LogP contribution is -2.37. The summed E-state index contributed by atoms with van der Waals surface area (Å²) in [4.78, 5) is 5.37. The standard InChI is InChI=1S/C61H54N2/c1-60(2)52-27-11-10-25-49(52)50-37-55-51(38-54(50)60)58-48(26-16-28-53(58)61(55)33-12-5-13-34-61)46-23-14-21-44(35-46)45-22-15-24-47(36-45)57-39-56(62-59(63-57)43-19-8-4-9-20-43)42-31-29-41(30-32-42)40-17-6-3-7-18-40/h3-4,6-11,14-29,31-32,35-38,41,56-57H,5,12-13,30,33-34,39H2,1-2H3,(H,62,63). The number of amidine groups is 1. The van der Waals surface area contributed by atoms with Gasteiger partial charge >= 0.3 is 0 Å². The van der Waals surface area contributed by atoms with Crippen LogP contribution in [-0.2, 0) is 10.8 Å². The molecule has 0 radical (unpaired) electrons. The van der Waals surface area contributed by atoms with Crippen LogP contribution in [-0.4, -0.2) is 11.9 Å². The predicted molar refractivity (Wildman–Crippen MR) is 262 cm³/mol. The fourth-order valence-electron chi connectivity index (χ4n) is 12.2. The van der Waals surface area contributed by atoms with Crippen LogP contribution in [0.1, 0.15) is 110 Å². The van der Waals surface area contributed by atoms with Crippen LogP contribution in [0.3, 0.4) is 0 Å². The number of hydrogen-bond donors (Lipinski definition) is 1. The molecular formula is C61H54N2. The van der Waals surface area contributed by atoms with Crippen molar-refractivity contribution in [2.45, 2.75) is 87.6 Å². The number of fused-ring (bicyclic) bond motifs is 8. The molecular weight excluding hydrogens is 761 g/mol. The first kappa shape index (κ1) is 38.2. The fraction of sp³-hybridized carbons (Fsp3) is 0.230. The predicted octanol–water partition coefficient (Wildman–Crippen LogP) is 15.1. The maximum atomic E-state index is 5.37. The van der Waals surface area contributed by atoms with Crippen LogP contribution in [0.4, 0.5) is 0 Å². The van der Waals surface area contributed by atoms with Gasteiger partial charge in [-0.25, -0.2) is 0 Å². The Morgan fingerprint density at radius 3 is 1.98 bits per heavy atom. The highest BCUT2D eigenvalue weighted by atomic mass is 15.1. The molecule has 7 aromatic rings. The van der Waals surface area contributed by atoms with Crippen molar-refractivity contribution in [1.29, 1.82) is 0 Å². The summed E-state index contributed by atoms with van der Waals surface area (Å²) in [6, 6.07) is 61.9. The minimum absolute atomic E-state index is 0.0419. The highest BCUT2D eigenvalue weighted by Gasteiger charge is 2.47. The van der Waals surface area contributed by atoms with Crippen LogP contribution < -0.4 is 5.32 Å². The summed E-state index contributed by atoms with van der Waals surface area (Å²) in [5.41, 5.74) is 22.1. The molecule has 1 spiro atoms. The number of benzene rings is 7. The molecule has 3 unspecified atom stereocenters. The van der Waals surface area contributed by atoms with Crippen molar-refractivity contribution in [2.75, 3.05) is 0 Å². The molecule has 7 aromatic carbocycles. The van der Waals surface area contributed by atoms with Gasteiger partial charge in [0.25, 0.3) is 0 Å². The Labute approximate surface area is 373 Å². The normalized spacial score (nSPS) is 21.1. The lowest BCUT2D eigenvalue weighted by Gasteiger charge is -2.36. The molecule has 63 heavy (non-hydrogen) atoms. The summed E-state index contributed by atoms with van der Waals surface area (Å²) in [5.74, 6) is 1.37. The van der Waals surface area contributed by atoms with E-state index in [-0.39, 0.29) is 22.9 Å². The van der Waals surface area contributed by atoms with Crippen LogP contribution in [0.2, 0.25) is 0 Å². The van der Waals surface area contributed by atoms with Gasteiger partial charge in [0.05, 0.1) is 12.1 Å². The van der Waals surface area contributed by atoms with E-state index >= 15 is 0 Å². The first-order valence-electron chi connectivity index (χ1n) is 23.4. The Kier molecular flexibility index (Phi) is 9.15. The van der Waals surface area contributed by atoms with Crippen molar-refractivity contribution in [3.05, 3.63) is 227 Å². The summed E-state index contributed by atoms with van der Waals surface area (Å²) in [5, 5.41) is 3.90. The van der Waals surface area contributed by atoms with Gasteiger partial charge in [0.1, 0.15) is 5.84 Å². The number of nitrogens with one attached hydrogen (secondary N) is 1. The van der Waals surface area contributed by atoms with Gasteiger partial charge in [-0.3, -0.25) is 4.99 Å². The minimum atomic E-state index is -0.0419. The van der Waals surface area contributed by atoms with Crippen molar-refractivity contribution in [1.82, 2.24) is 5.32 Å². The van der Waals surface area contributed by atoms with Gasteiger partial charge in [0.15, 0.2) is 0 Å². The smallest absolute Gasteiger partial charge is 0.129 e. The average molecular weight is 815 g/mol. The van der Waals surface area contributed by atoms with Gasteiger partial charge in [-0.1, -0.05) is 191 Å². The number of allylic oxidation sites excluding steroid dienone is 2. The number of aliphatic imine (C=N–C) groups is 1. The van der Waals surface area contributed by atoms with Crippen LogP contribution in [0.25, 0.3) is 44.5 Å². The zero-order valence-electron chi connectivity index (χ0n) is 36.4. The second-order valence-electron chi connectivity index (χ2n) is 19.3. The molecule has 3 atom stereocenters. The molecule has 308 valence electrons. The molecule has 0 saturated heterocycles. The number of rotatable bonds is 6. The molecule has 5 aliphatic rings. The SMILES string of the molecule is CC1(C)c2ccccc2-c2cc3c(cc21)-c1c(-c2cccc(-c4cccc(C5CC(C6=CCC(c7ccccc7)C=C6)N=C(c6ccccc6)N5)c4)c2)cccc1C31CCCCC1. The summed E-state index contributed by atoms with van der Waals surface area (Å²) < 4.78 is 0. The number of nitrogens with zero attached hydrogens (tertiary/aromatic N) is 1. The zero-order chi connectivity index (χ0) is 42.1. The molecule has 2 heteroatoms. The molecule has 2 nitrogen and oxygen atoms in total. The van der Waals surface area contributed by atoms with Gasteiger partial charge in [-0.15, -0.1) is 0 Å². The first-order valence-corrected chi connectivity index (χ1v) is 23.4. The van der Waals surface area contributed by atoms with Crippen molar-refractivity contribution in [3.8, 4) is 44.5 Å². The summed E-state index contributed by atoms with van der Waals surface area (Å²) in [6.45, 7) is 4.84. The maximum absolute atomic E-state index is 5.37. The molecule has 1 N–H and O–H groups in total. The molecule has 0 aromatic heterocycles. The van der Waals surface area contributed by atoms with E-state index < -0.39 is 0 Å². The Bertz CT molecular complexity index is 2990. The Morgan fingerprint density at radius 1 is 0.524 bits per heavy atom. The average Bonchev–Trinajstić information content (AvgIpc) is 3.74. The van der Waals surface area contributed by atoms with E-state index in [0.29, 0.717) is 5.92 Å². The zero-order valence-corrected chi connectivity index (χ0v) is 36.4. The lowest BCUT2D eigenvalue weighted by atomic mass is 9.67. The largest absolute Gasteiger partial charge is 0.363 e. The van der Waals surface area contributed by atoms with E-state index in [1.165, 1.54) is 104 Å². The topological polar surface area (TPSA) is 24.4 Å². The third-order valence-electron chi connectivity index (χ3n) is 15.4. The van der Waals surface area contributed by atoms with E-state index in [2.05, 4.69) is 201 Å². The number of hydrogen-bond acceptors (Lipinski definition) is 2. The van der Waals surface area contributed by atoms with E-state index in [1.807, 2.05) is 0 Å². The quantitative estimate of drug-likeness (QED) is 0.178. The first-order chi connectivity index (χ1) is 30.9. The van der Waals surface area contributed by atoms with Crippen LogP contribution in [0.15, 0.2) is 193 Å². The minimum Gasteiger partial charge on any atom is -0.363 e. The van der Waals surface area contributed by atoms with Gasteiger partial charge in [0, 0.05) is 22.3 Å². The van der Waals surface area contributed by atoms with Crippen molar-refractivity contribution in [3.63, 3.8) is 0 Å². The Balaban J connectivity index is 0.901. The van der Waals surface area contributed by atoms with Crippen LogP contribution >= 0.6 is 0 Å². The molecule has 1 fully saturated rings. The van der Waals surface area contributed by atoms with Crippen molar-refractivity contribution >= 4 is 5.84 Å². The van der Waals surface area contributed by atoms with E-state index in [1.54, 1.807) is 11.1 Å². The highest BCUT2D eigenvalue weighted by Crippen LogP contribution is 2.61. The third-order valence-corrected chi connectivity index (χ3v) is 15.4. The lowest BCUT2D eigenvalue weighted by molar-refractivity contribution is 0.353. The van der Waals surface area contributed by atoms with E-state index in [4.69, 9.17) is 4.99 Å². The molecule has 1 heterocycles. The van der Waals surface area contributed by atoms with Crippen LogP contribution in [0.5, 0.6) is 0 Å². The summed E-state index contributed by atoms with van der Waals surface area (Å²) in [7, 11) is 0. The van der Waals surface area contributed by atoms with E-state index in [9.17, 15) is 0 Å². The van der Waals surface area contributed by atoms with Gasteiger partial charge in [-0.2, -0.15) is 0 Å². The van der Waals surface area contributed by atoms with Gasteiger partial charge in [-0.05, 0) is 133 Å². The fourth-order valence-corrected chi connectivity index (χ4v) is 12.2. The molecule has 0 bridgehead atoms. The van der Waals surface area contributed by atoms with Crippen LogP contribution in [0, 0.1) is 0 Å². The Hall–Kier alpha value is -6.51. The van der Waals surface area contributed by atoms with Crippen molar-refractivity contribution < 1.29 is 0 Å². The maximum Gasteiger partial charge on any atom is 0.129 e. The summed E-state index contributed by atoms with van der Waals surface area (Å²) >= 11 is 0. The molecule has 4 aliphatic carbocycles. The molecule has 12 rings (SSSR count).